The maximum absolute atomic E-state index is 13.1. The van der Waals surface area contributed by atoms with Gasteiger partial charge in [-0.05, 0) is 61.9 Å². The molecule has 4 rings (SSSR count). The van der Waals surface area contributed by atoms with Crippen LogP contribution in [0.4, 0.5) is 17.3 Å². The molecule has 0 saturated carbocycles. The first kappa shape index (κ1) is 24.0. The molecule has 1 saturated heterocycles. The number of nitrogens with zero attached hydrogens (tertiary/aromatic N) is 4. The van der Waals surface area contributed by atoms with Gasteiger partial charge in [-0.1, -0.05) is 31.0 Å². The zero-order valence-corrected chi connectivity index (χ0v) is 20.5. The smallest absolute Gasteiger partial charge is 0.243 e. The minimum Gasteiger partial charge on any atom is -0.494 e. The van der Waals surface area contributed by atoms with Crippen molar-refractivity contribution in [3.8, 4) is 5.75 Å². The average Bonchev–Trinajstić information content (AvgIpc) is 2.86. The largest absolute Gasteiger partial charge is 0.494 e. The molecule has 0 unspecified atom stereocenters. The summed E-state index contributed by atoms with van der Waals surface area (Å²) in [6.07, 6.45) is 2.03. The lowest BCUT2D eigenvalue weighted by atomic mass is 10.2. The van der Waals surface area contributed by atoms with E-state index in [0.29, 0.717) is 44.4 Å². The van der Waals surface area contributed by atoms with Gasteiger partial charge in [-0.15, -0.1) is 10.2 Å². The Bertz CT molecular complexity index is 1160. The van der Waals surface area contributed by atoms with Crippen molar-refractivity contribution >= 4 is 27.3 Å². The van der Waals surface area contributed by atoms with Crippen molar-refractivity contribution in [1.82, 2.24) is 14.5 Å². The quantitative estimate of drug-likeness (QED) is 0.458. The normalized spacial score (nSPS) is 14.7. The third-order valence-electron chi connectivity index (χ3n) is 5.77. The second-order valence-electron chi connectivity index (χ2n) is 8.33. The van der Waals surface area contributed by atoms with Crippen LogP contribution in [-0.4, -0.2) is 55.7 Å². The van der Waals surface area contributed by atoms with Crippen LogP contribution in [0.5, 0.6) is 5.75 Å². The number of nitrogens with one attached hydrogen (secondary N) is 1. The Labute approximate surface area is 201 Å². The molecule has 0 aliphatic carbocycles. The monoisotopic (exact) mass is 481 g/mol. The van der Waals surface area contributed by atoms with Crippen LogP contribution in [0, 0.1) is 6.92 Å². The average molecular weight is 482 g/mol. The predicted octanol–water partition coefficient (Wildman–Crippen LogP) is 4.22. The molecule has 2 aromatic carbocycles. The molecular formula is C25H31N5O3S. The molecule has 9 heteroatoms. The summed E-state index contributed by atoms with van der Waals surface area (Å²) in [6.45, 7) is 6.67. The van der Waals surface area contributed by atoms with Gasteiger partial charge < -0.3 is 15.0 Å². The van der Waals surface area contributed by atoms with E-state index in [2.05, 4.69) is 27.3 Å². The predicted molar refractivity (Wildman–Crippen MR) is 134 cm³/mol. The molecule has 3 aromatic rings. The Morgan fingerprint density at radius 2 is 1.62 bits per heavy atom. The van der Waals surface area contributed by atoms with Crippen LogP contribution in [0.2, 0.25) is 0 Å². The zero-order valence-electron chi connectivity index (χ0n) is 19.6. The van der Waals surface area contributed by atoms with Gasteiger partial charge in [0.25, 0.3) is 0 Å². The summed E-state index contributed by atoms with van der Waals surface area (Å²) in [5, 5.41) is 11.8. The highest BCUT2D eigenvalue weighted by molar-refractivity contribution is 7.89. The molecule has 8 nitrogen and oxygen atoms in total. The molecule has 0 radical (unpaired) electrons. The fraction of sp³-hybridized carbons (Fsp3) is 0.360. The van der Waals surface area contributed by atoms with E-state index < -0.39 is 10.0 Å². The molecule has 180 valence electrons. The molecule has 0 amide bonds. The number of benzene rings is 2. The Morgan fingerprint density at radius 3 is 2.24 bits per heavy atom. The highest BCUT2D eigenvalue weighted by Gasteiger charge is 2.29. The molecule has 1 N–H and O–H groups in total. The fourth-order valence-electron chi connectivity index (χ4n) is 3.69. The summed E-state index contributed by atoms with van der Waals surface area (Å²) in [5.74, 6) is 2.09. The standard InChI is InChI=1S/C25H31N5O3S/c1-3-4-19-33-22-9-11-23(12-10-22)34(31,32)30-17-15-29(16-18-30)25-14-13-24(27-28-25)26-21-7-5-20(2)6-8-21/h5-14H,3-4,15-19H2,1-2H3,(H,26,27). The number of ether oxygens (including phenoxy) is 1. The van der Waals surface area contributed by atoms with E-state index in [-0.39, 0.29) is 4.90 Å². The molecule has 1 aliphatic rings. The lowest BCUT2D eigenvalue weighted by molar-refractivity contribution is 0.309. The first-order valence-electron chi connectivity index (χ1n) is 11.6. The van der Waals surface area contributed by atoms with Crippen LogP contribution in [0.3, 0.4) is 0 Å². The highest BCUT2D eigenvalue weighted by atomic mass is 32.2. The van der Waals surface area contributed by atoms with Gasteiger partial charge in [-0.3, -0.25) is 0 Å². The molecule has 0 spiro atoms. The van der Waals surface area contributed by atoms with Crippen molar-refractivity contribution in [2.24, 2.45) is 0 Å². The lowest BCUT2D eigenvalue weighted by Gasteiger charge is -2.34. The topological polar surface area (TPSA) is 87.7 Å². The number of anilines is 3. The molecule has 34 heavy (non-hydrogen) atoms. The molecule has 1 aromatic heterocycles. The Balaban J connectivity index is 1.32. The van der Waals surface area contributed by atoms with E-state index in [9.17, 15) is 8.42 Å². The number of aromatic nitrogens is 2. The maximum Gasteiger partial charge on any atom is 0.243 e. The second kappa shape index (κ2) is 10.8. The van der Waals surface area contributed by atoms with Crippen molar-refractivity contribution < 1.29 is 13.2 Å². The second-order valence-corrected chi connectivity index (χ2v) is 10.3. The van der Waals surface area contributed by atoms with Crippen molar-refractivity contribution in [2.75, 3.05) is 43.0 Å². The van der Waals surface area contributed by atoms with E-state index in [1.165, 1.54) is 9.87 Å². The van der Waals surface area contributed by atoms with Crippen molar-refractivity contribution in [1.29, 1.82) is 0 Å². The maximum atomic E-state index is 13.1. The first-order chi connectivity index (χ1) is 16.5. The highest BCUT2D eigenvalue weighted by Crippen LogP contribution is 2.23. The minimum absolute atomic E-state index is 0.287. The molecule has 1 fully saturated rings. The third kappa shape index (κ3) is 5.84. The van der Waals surface area contributed by atoms with Crippen LogP contribution in [0.1, 0.15) is 25.3 Å². The summed E-state index contributed by atoms with van der Waals surface area (Å²) in [5.41, 5.74) is 2.15. The Kier molecular flexibility index (Phi) is 7.64. The van der Waals surface area contributed by atoms with Gasteiger partial charge in [0, 0.05) is 31.9 Å². The molecule has 1 aliphatic heterocycles. The number of piperazine rings is 1. The fourth-order valence-corrected chi connectivity index (χ4v) is 5.12. The number of unbranched alkanes of at least 4 members (excludes halogenated alkanes) is 1. The van der Waals surface area contributed by atoms with Crippen LogP contribution >= 0.6 is 0 Å². The minimum atomic E-state index is -3.55. The van der Waals surface area contributed by atoms with E-state index in [4.69, 9.17) is 4.74 Å². The van der Waals surface area contributed by atoms with Gasteiger partial charge in [0.1, 0.15) is 5.75 Å². The number of hydrogen-bond donors (Lipinski definition) is 1. The van der Waals surface area contributed by atoms with Crippen molar-refractivity contribution in [2.45, 2.75) is 31.6 Å². The third-order valence-corrected chi connectivity index (χ3v) is 7.68. The van der Waals surface area contributed by atoms with Crippen molar-refractivity contribution in [3.63, 3.8) is 0 Å². The molecular weight excluding hydrogens is 450 g/mol. The summed E-state index contributed by atoms with van der Waals surface area (Å²) in [4.78, 5) is 2.34. The van der Waals surface area contributed by atoms with Crippen LogP contribution in [0.25, 0.3) is 0 Å². The Morgan fingerprint density at radius 1 is 0.912 bits per heavy atom. The van der Waals surface area contributed by atoms with E-state index in [1.54, 1.807) is 24.3 Å². The van der Waals surface area contributed by atoms with Crippen molar-refractivity contribution in [3.05, 3.63) is 66.2 Å². The molecule has 0 bridgehead atoms. The Hall–Kier alpha value is -3.17. The number of rotatable bonds is 9. The van der Waals surface area contributed by atoms with Gasteiger partial charge in [-0.25, -0.2) is 8.42 Å². The van der Waals surface area contributed by atoms with E-state index in [1.807, 2.05) is 43.3 Å². The molecule has 0 atom stereocenters. The van der Waals surface area contributed by atoms with Gasteiger partial charge >= 0.3 is 0 Å². The number of aryl methyl sites for hydroxylation is 1. The van der Waals surface area contributed by atoms with Gasteiger partial charge in [0.15, 0.2) is 11.6 Å². The summed E-state index contributed by atoms with van der Waals surface area (Å²) in [6, 6.07) is 18.5. The number of hydrogen-bond acceptors (Lipinski definition) is 7. The summed E-state index contributed by atoms with van der Waals surface area (Å²) >= 11 is 0. The first-order valence-corrected chi connectivity index (χ1v) is 13.0. The van der Waals surface area contributed by atoms with Gasteiger partial charge in [0.2, 0.25) is 10.0 Å². The van der Waals surface area contributed by atoms with Gasteiger partial charge in [-0.2, -0.15) is 4.31 Å². The van der Waals surface area contributed by atoms with Crippen LogP contribution in [-0.2, 0) is 10.0 Å². The number of sulfonamides is 1. The molecule has 2 heterocycles. The van der Waals surface area contributed by atoms with Crippen LogP contribution in [0.15, 0.2) is 65.6 Å². The van der Waals surface area contributed by atoms with Crippen LogP contribution < -0.4 is 15.0 Å². The summed E-state index contributed by atoms with van der Waals surface area (Å²) in [7, 11) is -3.55. The van der Waals surface area contributed by atoms with E-state index >= 15 is 0 Å². The lowest BCUT2D eigenvalue weighted by Crippen LogP contribution is -2.48. The van der Waals surface area contributed by atoms with Gasteiger partial charge in [0.05, 0.1) is 11.5 Å². The zero-order chi connectivity index (χ0) is 24.0. The van der Waals surface area contributed by atoms with E-state index in [0.717, 1.165) is 24.3 Å². The summed E-state index contributed by atoms with van der Waals surface area (Å²) < 4.78 is 33.3. The SMILES string of the molecule is CCCCOc1ccc(S(=O)(=O)N2CCN(c3ccc(Nc4ccc(C)cc4)nn3)CC2)cc1.